The Bertz CT molecular complexity index is 884. The van der Waals surface area contributed by atoms with Gasteiger partial charge in [-0.15, -0.1) is 3.89 Å². The minimum absolute atomic E-state index is 0.0442. The maximum absolute atomic E-state index is 13.4. The molecule has 0 aliphatic carbocycles. The van der Waals surface area contributed by atoms with E-state index >= 15 is 0 Å². The first-order valence-electron chi connectivity index (χ1n) is 8.48. The van der Waals surface area contributed by atoms with Crippen molar-refractivity contribution in [1.29, 1.82) is 0 Å². The second kappa shape index (κ2) is 7.39. The van der Waals surface area contributed by atoms with Crippen LogP contribution in [-0.2, 0) is 21.4 Å². The molecule has 0 radical (unpaired) electrons. The zero-order chi connectivity index (χ0) is 18.8. The molecule has 1 saturated heterocycles. The van der Waals surface area contributed by atoms with E-state index in [1.807, 2.05) is 30.3 Å². The number of benzene rings is 2. The lowest BCUT2D eigenvalue weighted by Gasteiger charge is -2.32. The summed E-state index contributed by atoms with van der Waals surface area (Å²) >= 11 is 5.87. The van der Waals surface area contributed by atoms with Gasteiger partial charge in [0.15, 0.2) is 0 Å². The molecule has 0 spiro atoms. The molecule has 1 amide bonds. The predicted octanol–water partition coefficient (Wildman–Crippen LogP) is 4.36. The monoisotopic (exact) mass is 394 g/mol. The molecule has 0 aromatic heterocycles. The third-order valence-electron chi connectivity index (χ3n) is 4.88. The molecule has 2 atom stereocenters. The van der Waals surface area contributed by atoms with E-state index in [0.29, 0.717) is 17.9 Å². The Kier molecular flexibility index (Phi) is 5.37. The van der Waals surface area contributed by atoms with Gasteiger partial charge in [-0.05, 0) is 36.8 Å². The number of halogens is 1. The van der Waals surface area contributed by atoms with Crippen LogP contribution in [0.5, 0.6) is 0 Å². The van der Waals surface area contributed by atoms with Crippen LogP contribution in [0.15, 0.2) is 59.5 Å². The quantitative estimate of drug-likeness (QED) is 0.722. The Labute approximate surface area is 158 Å². The Balaban J connectivity index is 1.94. The van der Waals surface area contributed by atoms with E-state index in [1.165, 1.54) is 24.3 Å². The minimum Gasteiger partial charge on any atom is -0.414 e. The number of carbonyl (C=O) groups is 1. The molecule has 5 nitrogen and oxygen atoms in total. The lowest BCUT2D eigenvalue weighted by Crippen LogP contribution is -2.58. The minimum atomic E-state index is -3.97. The van der Waals surface area contributed by atoms with Gasteiger partial charge in [0.25, 0.3) is 0 Å². The zero-order valence-electron chi connectivity index (χ0n) is 14.5. The Morgan fingerprint density at radius 2 is 1.81 bits per heavy atom. The van der Waals surface area contributed by atoms with Crippen molar-refractivity contribution in [3.05, 3.63) is 65.2 Å². The summed E-state index contributed by atoms with van der Waals surface area (Å²) in [6.45, 7) is 2.03. The number of amides is 1. The molecule has 3 rings (SSSR count). The average molecular weight is 395 g/mol. The van der Waals surface area contributed by atoms with Crippen molar-refractivity contribution in [2.75, 3.05) is 6.54 Å². The number of sulfonamides is 1. The van der Waals surface area contributed by atoms with Crippen LogP contribution in [0.25, 0.3) is 0 Å². The number of rotatable bonds is 4. The van der Waals surface area contributed by atoms with Crippen LogP contribution >= 0.6 is 11.6 Å². The van der Waals surface area contributed by atoms with Gasteiger partial charge >= 0.3 is 16.1 Å². The summed E-state index contributed by atoms with van der Waals surface area (Å²) in [5.41, 5.74) is 0.815. The van der Waals surface area contributed by atoms with Gasteiger partial charge in [0, 0.05) is 17.9 Å². The van der Waals surface area contributed by atoms with E-state index < -0.39 is 20.0 Å². The summed E-state index contributed by atoms with van der Waals surface area (Å²) in [6.07, 6.45) is 0.565. The zero-order valence-corrected chi connectivity index (χ0v) is 16.0. The highest BCUT2D eigenvalue weighted by atomic mass is 35.5. The van der Waals surface area contributed by atoms with E-state index in [0.717, 1.165) is 5.56 Å². The number of quaternary nitrogens is 1. The highest BCUT2D eigenvalue weighted by Crippen LogP contribution is 2.37. The summed E-state index contributed by atoms with van der Waals surface area (Å²) < 4.78 is 31.5. The Morgan fingerprint density at radius 3 is 2.38 bits per heavy atom. The van der Waals surface area contributed by atoms with Crippen LogP contribution in [0.1, 0.15) is 25.3 Å². The second-order valence-electron chi connectivity index (χ2n) is 6.48. The maximum atomic E-state index is 13.4. The molecule has 1 aliphatic heterocycles. The number of hydrogen-bond acceptors (Lipinski definition) is 4. The topological polar surface area (TPSA) is 60.4 Å². The summed E-state index contributed by atoms with van der Waals surface area (Å²) in [5, 5.41) is 0.441. The molecule has 0 N–H and O–H groups in total. The van der Waals surface area contributed by atoms with Crippen molar-refractivity contribution in [3.63, 3.8) is 0 Å². The van der Waals surface area contributed by atoms with Crippen LogP contribution in [0.4, 0.5) is 4.79 Å². The van der Waals surface area contributed by atoms with Gasteiger partial charge < -0.3 is 4.74 Å². The predicted molar refractivity (Wildman–Crippen MR) is 99.1 cm³/mol. The number of likely N-dealkylation sites (tertiary alicyclic amines) is 1. The van der Waals surface area contributed by atoms with E-state index in [2.05, 4.69) is 0 Å². The summed E-state index contributed by atoms with van der Waals surface area (Å²) in [4.78, 5) is 13.1. The molecule has 1 aliphatic rings. The van der Waals surface area contributed by atoms with E-state index in [4.69, 9.17) is 16.3 Å². The Hall–Kier alpha value is -1.89. The fourth-order valence-corrected chi connectivity index (χ4v) is 5.58. The lowest BCUT2D eigenvalue weighted by atomic mass is 10.2. The summed E-state index contributed by atoms with van der Waals surface area (Å²) in [7, 11) is -3.97. The van der Waals surface area contributed by atoms with Crippen molar-refractivity contribution < 1.29 is 21.8 Å². The first kappa shape index (κ1) is 18.9. The molecular formula is C19H21ClNO4S+. The van der Waals surface area contributed by atoms with Gasteiger partial charge in [0.05, 0.1) is 0 Å². The molecule has 26 heavy (non-hydrogen) atoms. The van der Waals surface area contributed by atoms with Gasteiger partial charge in [0.1, 0.15) is 24.1 Å². The van der Waals surface area contributed by atoms with E-state index in [1.54, 1.807) is 6.92 Å². The molecule has 1 unspecified atom stereocenters. The molecule has 1 heterocycles. The average Bonchev–Trinajstić information content (AvgIpc) is 3.04. The fourth-order valence-electron chi connectivity index (χ4n) is 3.40. The third kappa shape index (κ3) is 3.24. The molecule has 7 heteroatoms. The molecule has 2 aromatic rings. The molecule has 138 valence electrons. The second-order valence-corrected chi connectivity index (χ2v) is 8.99. The summed E-state index contributed by atoms with van der Waals surface area (Å²) in [5.74, 6) is 0. The van der Waals surface area contributed by atoms with Crippen molar-refractivity contribution in [3.8, 4) is 0 Å². The van der Waals surface area contributed by atoms with Crippen LogP contribution in [0.2, 0.25) is 5.02 Å². The fraction of sp³-hybridized carbons (Fsp3) is 0.316. The normalized spacial score (nSPS) is 22.9. The molecule has 1 fully saturated rings. The maximum Gasteiger partial charge on any atom is 0.532 e. The van der Waals surface area contributed by atoms with Gasteiger partial charge in [-0.2, -0.15) is 13.2 Å². The number of carbonyl (C=O) groups excluding carboxylic acids is 1. The number of ether oxygens (including phenoxy) is 1. The molecule has 0 saturated carbocycles. The first-order chi connectivity index (χ1) is 12.4. The van der Waals surface area contributed by atoms with Crippen LogP contribution in [0, 0.1) is 0 Å². The first-order valence-corrected chi connectivity index (χ1v) is 10.3. The van der Waals surface area contributed by atoms with Crippen LogP contribution in [0.3, 0.4) is 0 Å². The van der Waals surface area contributed by atoms with Crippen molar-refractivity contribution >= 4 is 27.7 Å². The SMILES string of the molecule is C[C@@H]1CCC[N+]1(C(=O)OCc1ccccc1)S(=O)(=O)c1ccc(Cl)cc1. The van der Waals surface area contributed by atoms with Gasteiger partial charge in [-0.1, -0.05) is 41.9 Å². The number of hydrogen-bond donors (Lipinski definition) is 0. The standard InChI is InChI=1S/C19H21ClNO4S/c1-15-6-5-13-21(15,19(22)25-14-16-7-3-2-4-8-16)26(23,24)18-11-9-17(20)10-12-18/h2-4,7-12,15H,5-6,13-14H2,1H3/q+1/t15-,21?/m1/s1. The van der Waals surface area contributed by atoms with Crippen molar-refractivity contribution in [1.82, 2.24) is 0 Å². The molecular weight excluding hydrogens is 374 g/mol. The Morgan fingerprint density at radius 1 is 1.15 bits per heavy atom. The van der Waals surface area contributed by atoms with Gasteiger partial charge in [-0.3, -0.25) is 0 Å². The van der Waals surface area contributed by atoms with Crippen LogP contribution in [-0.4, -0.2) is 31.0 Å². The van der Waals surface area contributed by atoms with Crippen LogP contribution < -0.4 is 0 Å². The highest BCUT2D eigenvalue weighted by molar-refractivity contribution is 7.86. The van der Waals surface area contributed by atoms with Crippen molar-refractivity contribution in [2.45, 2.75) is 37.3 Å². The lowest BCUT2D eigenvalue weighted by molar-refractivity contribution is -0.742. The summed E-state index contributed by atoms with van der Waals surface area (Å²) in [6, 6.07) is 14.7. The highest BCUT2D eigenvalue weighted by Gasteiger charge is 2.58. The van der Waals surface area contributed by atoms with E-state index in [-0.39, 0.29) is 24.1 Å². The largest absolute Gasteiger partial charge is 0.532 e. The third-order valence-corrected chi connectivity index (χ3v) is 7.55. The molecule has 0 bridgehead atoms. The smallest absolute Gasteiger partial charge is 0.414 e. The van der Waals surface area contributed by atoms with Crippen molar-refractivity contribution in [2.24, 2.45) is 0 Å². The van der Waals surface area contributed by atoms with E-state index in [9.17, 15) is 13.2 Å². The number of nitrogens with zero attached hydrogens (tertiary/aromatic N) is 1. The van der Waals surface area contributed by atoms with Gasteiger partial charge in [0.2, 0.25) is 0 Å². The van der Waals surface area contributed by atoms with Gasteiger partial charge in [-0.25, -0.2) is 0 Å². The molecule has 2 aromatic carbocycles.